The van der Waals surface area contributed by atoms with Crippen LogP contribution in [0.4, 0.5) is 5.69 Å². The summed E-state index contributed by atoms with van der Waals surface area (Å²) in [6, 6.07) is 11.4. The molecule has 0 spiro atoms. The van der Waals surface area contributed by atoms with Crippen LogP contribution in [0.5, 0.6) is 11.5 Å². The maximum absolute atomic E-state index is 12.0. The normalized spacial score (nSPS) is 13.9. The van der Waals surface area contributed by atoms with Gasteiger partial charge in [-0.15, -0.1) is 11.8 Å². The molecule has 2 aromatic carbocycles. The molecule has 1 heterocycles. The van der Waals surface area contributed by atoms with E-state index in [-0.39, 0.29) is 19.2 Å². The quantitative estimate of drug-likeness (QED) is 0.608. The zero-order valence-corrected chi connectivity index (χ0v) is 15.5. The summed E-state index contributed by atoms with van der Waals surface area (Å²) < 4.78 is 15.5. The lowest BCUT2D eigenvalue weighted by molar-refractivity contribution is -0.144. The van der Waals surface area contributed by atoms with Gasteiger partial charge in [0.05, 0.1) is 5.75 Å². The minimum Gasteiger partial charge on any atom is -0.455 e. The summed E-state index contributed by atoms with van der Waals surface area (Å²) in [7, 11) is 0. The number of thioether (sulfide) groups is 1. The van der Waals surface area contributed by atoms with E-state index in [1.54, 1.807) is 18.2 Å². The van der Waals surface area contributed by atoms with Crippen LogP contribution >= 0.6 is 11.8 Å². The lowest BCUT2D eigenvalue weighted by Crippen LogP contribution is -2.21. The molecule has 1 N–H and O–H groups in total. The number of hydrogen-bond donors (Lipinski definition) is 1. The van der Waals surface area contributed by atoms with Gasteiger partial charge in [0.2, 0.25) is 6.79 Å². The number of hydrogen-bond acceptors (Lipinski definition) is 6. The van der Waals surface area contributed by atoms with Gasteiger partial charge in [-0.05, 0) is 54.7 Å². The summed E-state index contributed by atoms with van der Waals surface area (Å²) in [6.07, 6.45) is 3.44. The van der Waals surface area contributed by atoms with Crippen LogP contribution in [0, 0.1) is 0 Å². The summed E-state index contributed by atoms with van der Waals surface area (Å²) in [5.74, 6) is 0.584. The van der Waals surface area contributed by atoms with Crippen LogP contribution < -0.4 is 14.8 Å². The zero-order chi connectivity index (χ0) is 18.6. The Bertz CT molecular complexity index is 883. The molecule has 27 heavy (non-hydrogen) atoms. The average Bonchev–Trinajstić information content (AvgIpc) is 3.32. The van der Waals surface area contributed by atoms with Gasteiger partial charge >= 0.3 is 5.97 Å². The molecule has 0 fully saturated rings. The van der Waals surface area contributed by atoms with Crippen LogP contribution in [0.3, 0.4) is 0 Å². The first-order valence-electron chi connectivity index (χ1n) is 8.77. The molecule has 0 atom stereocenters. The molecule has 0 bridgehead atoms. The zero-order valence-electron chi connectivity index (χ0n) is 14.7. The monoisotopic (exact) mass is 385 g/mol. The number of esters is 1. The van der Waals surface area contributed by atoms with Gasteiger partial charge < -0.3 is 19.5 Å². The van der Waals surface area contributed by atoms with Crippen LogP contribution in [0.25, 0.3) is 0 Å². The maximum Gasteiger partial charge on any atom is 0.316 e. The molecule has 1 aliphatic carbocycles. The highest BCUT2D eigenvalue weighted by molar-refractivity contribution is 8.00. The Kier molecular flexibility index (Phi) is 5.20. The highest BCUT2D eigenvalue weighted by Crippen LogP contribution is 2.34. The van der Waals surface area contributed by atoms with E-state index in [0.29, 0.717) is 17.2 Å². The number of amides is 1. The molecule has 0 saturated carbocycles. The predicted octanol–water partition coefficient (Wildman–Crippen LogP) is 3.18. The summed E-state index contributed by atoms with van der Waals surface area (Å²) >= 11 is 1.43. The summed E-state index contributed by atoms with van der Waals surface area (Å²) in [5, 5.41) is 2.67. The van der Waals surface area contributed by atoms with Crippen molar-refractivity contribution in [1.29, 1.82) is 0 Å². The average molecular weight is 385 g/mol. The van der Waals surface area contributed by atoms with Gasteiger partial charge in [-0.3, -0.25) is 9.59 Å². The number of carbonyl (C=O) groups excluding carboxylic acids is 2. The summed E-state index contributed by atoms with van der Waals surface area (Å²) in [6.45, 7) is -0.149. The molecule has 0 unspecified atom stereocenters. The first-order valence-corrected chi connectivity index (χ1v) is 9.76. The Balaban J connectivity index is 1.21. The molecule has 6 nitrogen and oxygen atoms in total. The third-order valence-corrected chi connectivity index (χ3v) is 5.41. The second-order valence-electron chi connectivity index (χ2n) is 6.35. The number of nitrogens with one attached hydrogen (secondary N) is 1. The lowest BCUT2D eigenvalue weighted by Gasteiger charge is -2.08. The van der Waals surface area contributed by atoms with E-state index < -0.39 is 11.9 Å². The standard InChI is InChI=1S/C20H19NO5S/c22-19(21-15-5-7-17-18(9-15)26-12-25-17)10-24-20(23)11-27-16-6-4-13-2-1-3-14(13)8-16/h4-9H,1-3,10-12H2,(H,21,22). The van der Waals surface area contributed by atoms with E-state index in [1.165, 1.54) is 29.3 Å². The SMILES string of the molecule is O=C(COC(=O)CSc1ccc2c(c1)CCC2)Nc1ccc2c(c1)OCO2. The van der Waals surface area contributed by atoms with Crippen molar-refractivity contribution in [3.05, 3.63) is 47.5 Å². The van der Waals surface area contributed by atoms with Gasteiger partial charge in [0.1, 0.15) is 0 Å². The van der Waals surface area contributed by atoms with Crippen LogP contribution in [-0.4, -0.2) is 31.0 Å². The largest absolute Gasteiger partial charge is 0.455 e. The number of aryl methyl sites for hydroxylation is 2. The van der Waals surface area contributed by atoms with E-state index in [1.807, 2.05) is 6.07 Å². The van der Waals surface area contributed by atoms with Gasteiger partial charge in [-0.1, -0.05) is 6.07 Å². The smallest absolute Gasteiger partial charge is 0.316 e. The van der Waals surface area contributed by atoms with Crippen molar-refractivity contribution in [3.63, 3.8) is 0 Å². The third kappa shape index (κ3) is 4.36. The summed E-state index contributed by atoms with van der Waals surface area (Å²) in [5.41, 5.74) is 3.34. The third-order valence-electron chi connectivity index (χ3n) is 4.45. The van der Waals surface area contributed by atoms with Crippen LogP contribution in [0.1, 0.15) is 17.5 Å². The van der Waals surface area contributed by atoms with Crippen molar-refractivity contribution in [3.8, 4) is 11.5 Å². The van der Waals surface area contributed by atoms with Gasteiger partial charge in [-0.2, -0.15) is 0 Å². The van der Waals surface area contributed by atoms with Crippen molar-refractivity contribution in [1.82, 2.24) is 0 Å². The van der Waals surface area contributed by atoms with E-state index in [2.05, 4.69) is 17.4 Å². The number of carbonyl (C=O) groups is 2. The van der Waals surface area contributed by atoms with E-state index in [0.717, 1.165) is 17.7 Å². The predicted molar refractivity (Wildman–Crippen MR) is 101 cm³/mol. The van der Waals surface area contributed by atoms with Crippen LogP contribution in [0.2, 0.25) is 0 Å². The second-order valence-corrected chi connectivity index (χ2v) is 7.40. The molecule has 0 saturated heterocycles. The molecular weight excluding hydrogens is 366 g/mol. The van der Waals surface area contributed by atoms with Crippen LogP contribution in [0.15, 0.2) is 41.3 Å². The Morgan fingerprint density at radius 1 is 1.04 bits per heavy atom. The molecular formula is C20H19NO5S. The number of ether oxygens (including phenoxy) is 3. The Morgan fingerprint density at radius 3 is 2.81 bits per heavy atom. The second kappa shape index (κ2) is 7.92. The Morgan fingerprint density at radius 2 is 1.89 bits per heavy atom. The van der Waals surface area contributed by atoms with Gasteiger partial charge in [0.25, 0.3) is 5.91 Å². The fourth-order valence-corrected chi connectivity index (χ4v) is 3.90. The van der Waals surface area contributed by atoms with Crippen LogP contribution in [-0.2, 0) is 27.2 Å². The highest BCUT2D eigenvalue weighted by Gasteiger charge is 2.15. The maximum atomic E-state index is 12.0. The number of anilines is 1. The Hall–Kier alpha value is -2.67. The molecule has 0 aromatic heterocycles. The minimum absolute atomic E-state index is 0.173. The Labute approximate surface area is 161 Å². The van der Waals surface area contributed by atoms with E-state index in [4.69, 9.17) is 14.2 Å². The van der Waals surface area contributed by atoms with Crippen molar-refractivity contribution < 1.29 is 23.8 Å². The number of benzene rings is 2. The molecule has 140 valence electrons. The fourth-order valence-electron chi connectivity index (χ4n) is 3.14. The fraction of sp³-hybridized carbons (Fsp3) is 0.300. The van der Waals surface area contributed by atoms with Crippen molar-refractivity contribution >= 4 is 29.3 Å². The van der Waals surface area contributed by atoms with Gasteiger partial charge in [0.15, 0.2) is 18.1 Å². The molecule has 4 rings (SSSR count). The van der Waals surface area contributed by atoms with Crippen molar-refractivity contribution in [2.45, 2.75) is 24.2 Å². The van der Waals surface area contributed by atoms with E-state index in [9.17, 15) is 9.59 Å². The number of rotatable bonds is 6. The van der Waals surface area contributed by atoms with Crippen molar-refractivity contribution in [2.24, 2.45) is 0 Å². The topological polar surface area (TPSA) is 73.9 Å². The van der Waals surface area contributed by atoms with Gasteiger partial charge in [0, 0.05) is 16.6 Å². The molecule has 0 radical (unpaired) electrons. The molecule has 7 heteroatoms. The first kappa shape index (κ1) is 17.7. The first-order chi connectivity index (χ1) is 13.2. The minimum atomic E-state index is -0.415. The van der Waals surface area contributed by atoms with E-state index >= 15 is 0 Å². The van der Waals surface area contributed by atoms with Crippen molar-refractivity contribution in [2.75, 3.05) is 24.5 Å². The molecule has 1 amide bonds. The summed E-state index contributed by atoms with van der Waals surface area (Å²) in [4.78, 5) is 24.9. The highest BCUT2D eigenvalue weighted by atomic mass is 32.2. The molecule has 2 aromatic rings. The lowest BCUT2D eigenvalue weighted by atomic mass is 10.1. The molecule has 2 aliphatic rings. The molecule has 1 aliphatic heterocycles. The number of fused-ring (bicyclic) bond motifs is 2. The van der Waals surface area contributed by atoms with Gasteiger partial charge in [-0.25, -0.2) is 0 Å².